The van der Waals surface area contributed by atoms with E-state index in [-0.39, 0.29) is 17.6 Å². The number of fused-ring (bicyclic) bond motifs is 2. The molecule has 0 radical (unpaired) electrons. The number of benzene rings is 1. The molecule has 2 aliphatic heterocycles. The van der Waals surface area contributed by atoms with Crippen LogP contribution in [-0.4, -0.2) is 68.9 Å². The summed E-state index contributed by atoms with van der Waals surface area (Å²) in [5, 5.41) is 7.30. The zero-order valence-electron chi connectivity index (χ0n) is 21.1. The van der Waals surface area contributed by atoms with Crippen LogP contribution in [0, 0.1) is 0 Å². The van der Waals surface area contributed by atoms with Gasteiger partial charge in [-0.2, -0.15) is 9.89 Å². The van der Waals surface area contributed by atoms with Crippen LogP contribution in [0.25, 0.3) is 33.3 Å². The summed E-state index contributed by atoms with van der Waals surface area (Å²) in [6.07, 6.45) is 3.06. The Morgan fingerprint density at radius 2 is 1.87 bits per heavy atom. The van der Waals surface area contributed by atoms with Crippen LogP contribution >= 0.6 is 0 Å². The molecule has 1 fully saturated rings. The van der Waals surface area contributed by atoms with Gasteiger partial charge in [0.05, 0.1) is 25.5 Å². The maximum Gasteiger partial charge on any atom is 0.586 e. The zero-order chi connectivity index (χ0) is 26.7. The number of carbonyl (C=O) groups excluding carboxylic acids is 1. The van der Waals surface area contributed by atoms with Gasteiger partial charge in [0.1, 0.15) is 11.2 Å². The molecule has 0 atom stereocenters. The number of H-pyrrole nitrogens is 1. The van der Waals surface area contributed by atoms with E-state index < -0.39 is 11.9 Å². The van der Waals surface area contributed by atoms with Gasteiger partial charge in [0.15, 0.2) is 11.5 Å². The van der Waals surface area contributed by atoms with Gasteiger partial charge in [-0.15, -0.1) is 8.78 Å². The minimum absolute atomic E-state index is 0.0119. The summed E-state index contributed by atoms with van der Waals surface area (Å²) < 4.78 is 42.3. The van der Waals surface area contributed by atoms with Crippen LogP contribution in [0.5, 0.6) is 11.5 Å². The van der Waals surface area contributed by atoms with E-state index in [0.29, 0.717) is 43.0 Å². The molecule has 12 heteroatoms. The summed E-state index contributed by atoms with van der Waals surface area (Å²) in [6, 6.07) is 6.72. The molecule has 3 aromatic heterocycles. The van der Waals surface area contributed by atoms with Crippen molar-refractivity contribution in [3.63, 3.8) is 0 Å². The number of rotatable bonds is 3. The highest BCUT2D eigenvalue weighted by molar-refractivity contribution is 5.97. The van der Waals surface area contributed by atoms with Crippen molar-refractivity contribution in [2.45, 2.75) is 32.7 Å². The van der Waals surface area contributed by atoms with Gasteiger partial charge < -0.3 is 24.1 Å². The van der Waals surface area contributed by atoms with Crippen molar-refractivity contribution >= 4 is 17.1 Å². The van der Waals surface area contributed by atoms with Gasteiger partial charge in [0.25, 0.3) is 0 Å². The van der Waals surface area contributed by atoms with E-state index in [2.05, 4.69) is 19.8 Å². The highest BCUT2D eigenvalue weighted by atomic mass is 19.3. The Kier molecular flexibility index (Phi) is 5.44. The first-order valence-electron chi connectivity index (χ1n) is 12.2. The number of amides is 1. The summed E-state index contributed by atoms with van der Waals surface area (Å²) in [5.74, 6) is -0.0267. The number of hydrogen-bond acceptors (Lipinski definition) is 7. The fourth-order valence-corrected chi connectivity index (χ4v) is 4.59. The summed E-state index contributed by atoms with van der Waals surface area (Å²) in [7, 11) is 0. The van der Waals surface area contributed by atoms with E-state index in [4.69, 9.17) is 9.47 Å². The third-order valence-corrected chi connectivity index (χ3v) is 6.35. The molecule has 0 saturated carbocycles. The summed E-state index contributed by atoms with van der Waals surface area (Å²) >= 11 is 0. The minimum Gasteiger partial charge on any atom is -0.444 e. The standard InChI is InChI=1S/C26H26F2N6O4/c1-25(2,3)38-24(35)32-7-9-33(10-8-32)34-15-17(13-31-34)16-11-19-20(14-30-23(19)29-12-16)18-5-4-6-21-22(18)37-26(27,28)36-21/h4-6,11-15H,7-10H2,1-3H3,(H,29,30). The predicted molar refractivity (Wildman–Crippen MR) is 135 cm³/mol. The van der Waals surface area contributed by atoms with Gasteiger partial charge in [-0.1, -0.05) is 12.1 Å². The SMILES string of the molecule is CC(C)(C)OC(=O)N1CCN(n2cc(-c3cnc4[nH]cc(-c5cccc6c5OC(F)(F)O6)c4c3)cn2)CC1. The number of pyridine rings is 1. The lowest BCUT2D eigenvalue weighted by Crippen LogP contribution is -2.53. The lowest BCUT2D eigenvalue weighted by Gasteiger charge is -2.36. The quantitative estimate of drug-likeness (QED) is 0.418. The van der Waals surface area contributed by atoms with Crippen molar-refractivity contribution in [3.8, 4) is 33.8 Å². The topological polar surface area (TPSA) is 97.7 Å². The number of carbonyl (C=O) groups is 1. The van der Waals surface area contributed by atoms with Crippen molar-refractivity contribution in [1.82, 2.24) is 24.8 Å². The number of nitrogens with one attached hydrogen (secondary N) is 1. The minimum atomic E-state index is -3.71. The predicted octanol–water partition coefficient (Wildman–Crippen LogP) is 4.60. The lowest BCUT2D eigenvalue weighted by atomic mass is 10.0. The fourth-order valence-electron chi connectivity index (χ4n) is 4.59. The maximum absolute atomic E-state index is 13.7. The van der Waals surface area contributed by atoms with E-state index in [1.807, 2.05) is 38.0 Å². The van der Waals surface area contributed by atoms with Gasteiger partial charge in [-0.3, -0.25) is 5.01 Å². The molecule has 1 aromatic carbocycles. The Balaban J connectivity index is 1.22. The molecule has 198 valence electrons. The summed E-state index contributed by atoms with van der Waals surface area (Å²) in [6.45, 7) is 7.80. The van der Waals surface area contributed by atoms with Crippen molar-refractivity contribution < 1.29 is 27.8 Å². The largest absolute Gasteiger partial charge is 0.586 e. The van der Waals surface area contributed by atoms with Crippen LogP contribution in [0.2, 0.25) is 0 Å². The number of nitrogens with zero attached hydrogens (tertiary/aromatic N) is 5. The zero-order valence-corrected chi connectivity index (χ0v) is 21.1. The molecule has 1 saturated heterocycles. The molecule has 1 amide bonds. The van der Waals surface area contributed by atoms with Gasteiger partial charge in [-0.05, 0) is 32.9 Å². The number of piperazine rings is 1. The third kappa shape index (κ3) is 4.46. The monoisotopic (exact) mass is 524 g/mol. The number of ether oxygens (including phenoxy) is 3. The second-order valence-electron chi connectivity index (χ2n) is 10.2. The van der Waals surface area contributed by atoms with Gasteiger partial charge in [0, 0.05) is 53.1 Å². The average Bonchev–Trinajstić information content (AvgIpc) is 3.58. The molecule has 38 heavy (non-hydrogen) atoms. The smallest absolute Gasteiger partial charge is 0.444 e. The van der Waals surface area contributed by atoms with Crippen LogP contribution in [0.15, 0.2) is 49.1 Å². The molecule has 1 N–H and O–H groups in total. The second kappa shape index (κ2) is 8.61. The maximum atomic E-state index is 13.7. The number of aromatic nitrogens is 4. The number of halogens is 2. The molecule has 0 unspecified atom stereocenters. The Labute approximate surface area is 216 Å². The first-order valence-corrected chi connectivity index (χ1v) is 12.2. The molecule has 0 aliphatic carbocycles. The molecular weight excluding hydrogens is 498 g/mol. The number of alkyl halides is 2. The first-order chi connectivity index (χ1) is 18.1. The normalized spacial score (nSPS) is 16.8. The van der Waals surface area contributed by atoms with E-state index >= 15 is 0 Å². The van der Waals surface area contributed by atoms with Gasteiger partial charge in [0.2, 0.25) is 0 Å². The molecule has 0 spiro atoms. The fraction of sp³-hybridized carbons (Fsp3) is 0.346. The van der Waals surface area contributed by atoms with Crippen molar-refractivity contribution in [3.05, 3.63) is 49.1 Å². The molecule has 6 rings (SSSR count). The molecule has 4 aromatic rings. The third-order valence-electron chi connectivity index (χ3n) is 6.35. The number of hydrogen-bond donors (Lipinski definition) is 1. The Hall–Kier alpha value is -4.35. The van der Waals surface area contributed by atoms with Gasteiger partial charge in [-0.25, -0.2) is 9.78 Å². The van der Waals surface area contributed by atoms with E-state index in [9.17, 15) is 13.6 Å². The highest BCUT2D eigenvalue weighted by Crippen LogP contribution is 2.48. The summed E-state index contributed by atoms with van der Waals surface area (Å²) in [4.78, 5) is 23.4. The number of aromatic amines is 1. The second-order valence-corrected chi connectivity index (χ2v) is 10.2. The van der Waals surface area contributed by atoms with E-state index in [1.54, 1.807) is 40.4 Å². The molecular formula is C26H26F2N6O4. The van der Waals surface area contributed by atoms with Crippen molar-refractivity contribution in [1.29, 1.82) is 0 Å². The van der Waals surface area contributed by atoms with Crippen LogP contribution in [0.1, 0.15) is 20.8 Å². The van der Waals surface area contributed by atoms with E-state index in [0.717, 1.165) is 16.5 Å². The molecule has 5 heterocycles. The molecule has 2 aliphatic rings. The molecule has 0 bridgehead atoms. The van der Waals surface area contributed by atoms with Crippen LogP contribution < -0.4 is 14.5 Å². The highest BCUT2D eigenvalue weighted by Gasteiger charge is 2.44. The van der Waals surface area contributed by atoms with Crippen LogP contribution in [0.3, 0.4) is 0 Å². The van der Waals surface area contributed by atoms with E-state index in [1.165, 1.54) is 6.07 Å². The van der Waals surface area contributed by atoms with Crippen molar-refractivity contribution in [2.75, 3.05) is 31.2 Å². The van der Waals surface area contributed by atoms with Gasteiger partial charge >= 0.3 is 12.4 Å². The average molecular weight is 525 g/mol. The van der Waals surface area contributed by atoms with Crippen molar-refractivity contribution in [2.24, 2.45) is 0 Å². The molecule has 10 nitrogen and oxygen atoms in total. The number of para-hydroxylation sites is 1. The first kappa shape index (κ1) is 24.0. The summed E-state index contributed by atoms with van der Waals surface area (Å²) in [5.41, 5.74) is 2.86. The lowest BCUT2D eigenvalue weighted by molar-refractivity contribution is -0.286. The van der Waals surface area contributed by atoms with Crippen LogP contribution in [0.4, 0.5) is 13.6 Å². The Morgan fingerprint density at radius 3 is 2.63 bits per heavy atom. The van der Waals surface area contributed by atoms with Crippen LogP contribution in [-0.2, 0) is 4.74 Å². The Bertz CT molecular complexity index is 1520. The Morgan fingerprint density at radius 1 is 1.08 bits per heavy atom.